The fourth-order valence-electron chi connectivity index (χ4n) is 1.61. The lowest BCUT2D eigenvalue weighted by Crippen LogP contribution is -2.31. The molecular weight excluding hydrogens is 184 g/mol. The van der Waals surface area contributed by atoms with Gasteiger partial charge < -0.3 is 5.32 Å². The Labute approximate surface area is 93.1 Å². The molecule has 0 amide bonds. The molecule has 2 heteroatoms. The standard InChI is InChI=1S/C13H22N2/c1-5-7-14-12(4)11(3)13-9-10(2)6-8-15-13/h6,8-9,11-12,14H,5,7H2,1-4H3. The van der Waals surface area contributed by atoms with Crippen molar-refractivity contribution < 1.29 is 0 Å². The zero-order valence-corrected chi connectivity index (χ0v) is 10.2. The van der Waals surface area contributed by atoms with Gasteiger partial charge in [0.2, 0.25) is 0 Å². The number of nitrogens with zero attached hydrogens (tertiary/aromatic N) is 1. The van der Waals surface area contributed by atoms with Crippen LogP contribution in [0.4, 0.5) is 0 Å². The van der Waals surface area contributed by atoms with Gasteiger partial charge in [0.25, 0.3) is 0 Å². The highest BCUT2D eigenvalue weighted by Gasteiger charge is 2.14. The van der Waals surface area contributed by atoms with Crippen LogP contribution in [-0.4, -0.2) is 17.6 Å². The second-order valence-electron chi connectivity index (χ2n) is 4.29. The molecule has 1 aromatic rings. The summed E-state index contributed by atoms with van der Waals surface area (Å²) in [6.07, 6.45) is 3.08. The van der Waals surface area contributed by atoms with Gasteiger partial charge in [-0.1, -0.05) is 13.8 Å². The summed E-state index contributed by atoms with van der Waals surface area (Å²) in [6, 6.07) is 4.70. The molecular formula is C13H22N2. The maximum absolute atomic E-state index is 4.43. The number of pyridine rings is 1. The number of hydrogen-bond donors (Lipinski definition) is 1. The van der Waals surface area contributed by atoms with Gasteiger partial charge in [0, 0.05) is 23.9 Å². The summed E-state index contributed by atoms with van der Waals surface area (Å²) in [6.45, 7) is 9.84. The number of aromatic nitrogens is 1. The van der Waals surface area contributed by atoms with Crippen molar-refractivity contribution in [1.82, 2.24) is 10.3 Å². The Balaban J connectivity index is 2.62. The molecule has 1 N–H and O–H groups in total. The van der Waals surface area contributed by atoms with Crippen LogP contribution in [0.2, 0.25) is 0 Å². The number of nitrogens with one attached hydrogen (secondary N) is 1. The van der Waals surface area contributed by atoms with E-state index in [0.29, 0.717) is 12.0 Å². The van der Waals surface area contributed by atoms with Gasteiger partial charge in [-0.15, -0.1) is 0 Å². The summed E-state index contributed by atoms with van der Waals surface area (Å²) >= 11 is 0. The molecule has 15 heavy (non-hydrogen) atoms. The Bertz CT molecular complexity index is 296. The smallest absolute Gasteiger partial charge is 0.0449 e. The van der Waals surface area contributed by atoms with E-state index < -0.39 is 0 Å². The highest BCUT2D eigenvalue weighted by molar-refractivity contribution is 5.18. The van der Waals surface area contributed by atoms with E-state index in [1.807, 2.05) is 12.3 Å². The van der Waals surface area contributed by atoms with E-state index in [-0.39, 0.29) is 0 Å². The maximum Gasteiger partial charge on any atom is 0.0449 e. The van der Waals surface area contributed by atoms with Gasteiger partial charge >= 0.3 is 0 Å². The van der Waals surface area contributed by atoms with E-state index in [1.54, 1.807) is 0 Å². The molecule has 0 aliphatic rings. The lowest BCUT2D eigenvalue weighted by Gasteiger charge is -2.20. The minimum atomic E-state index is 0.469. The van der Waals surface area contributed by atoms with Gasteiger partial charge in [-0.25, -0.2) is 0 Å². The van der Waals surface area contributed by atoms with E-state index in [9.17, 15) is 0 Å². The van der Waals surface area contributed by atoms with Gasteiger partial charge in [-0.2, -0.15) is 0 Å². The number of hydrogen-bond acceptors (Lipinski definition) is 2. The first-order chi connectivity index (χ1) is 7.15. The van der Waals surface area contributed by atoms with Crippen molar-refractivity contribution in [2.45, 2.75) is 46.1 Å². The van der Waals surface area contributed by atoms with Crippen molar-refractivity contribution in [2.75, 3.05) is 6.54 Å². The molecule has 2 unspecified atom stereocenters. The van der Waals surface area contributed by atoms with Crippen molar-refractivity contribution in [3.05, 3.63) is 29.6 Å². The van der Waals surface area contributed by atoms with Crippen molar-refractivity contribution in [1.29, 1.82) is 0 Å². The predicted octanol–water partition coefficient (Wildman–Crippen LogP) is 2.88. The molecule has 0 aliphatic carbocycles. The SMILES string of the molecule is CCCNC(C)C(C)c1cc(C)ccn1. The molecule has 2 atom stereocenters. The zero-order chi connectivity index (χ0) is 11.3. The Morgan fingerprint density at radius 2 is 2.13 bits per heavy atom. The average Bonchev–Trinajstić information content (AvgIpc) is 2.24. The molecule has 1 aromatic heterocycles. The van der Waals surface area contributed by atoms with E-state index in [0.717, 1.165) is 6.54 Å². The summed E-state index contributed by atoms with van der Waals surface area (Å²) in [7, 11) is 0. The van der Waals surface area contributed by atoms with Crippen LogP contribution in [0.15, 0.2) is 18.3 Å². The van der Waals surface area contributed by atoms with Crippen LogP contribution in [0.1, 0.15) is 44.4 Å². The van der Waals surface area contributed by atoms with Crippen molar-refractivity contribution in [3.8, 4) is 0 Å². The number of aryl methyl sites for hydroxylation is 1. The highest BCUT2D eigenvalue weighted by Crippen LogP contribution is 2.17. The Morgan fingerprint density at radius 3 is 2.73 bits per heavy atom. The van der Waals surface area contributed by atoms with Gasteiger partial charge in [0.15, 0.2) is 0 Å². The predicted molar refractivity (Wildman–Crippen MR) is 65.1 cm³/mol. The molecule has 0 aromatic carbocycles. The van der Waals surface area contributed by atoms with E-state index in [1.165, 1.54) is 17.7 Å². The fraction of sp³-hybridized carbons (Fsp3) is 0.615. The topological polar surface area (TPSA) is 24.9 Å². The van der Waals surface area contributed by atoms with Crippen molar-refractivity contribution >= 4 is 0 Å². The molecule has 0 fully saturated rings. The van der Waals surface area contributed by atoms with Gasteiger partial charge in [0.1, 0.15) is 0 Å². The Kier molecular flexibility index (Phi) is 4.76. The molecule has 0 aliphatic heterocycles. The first kappa shape index (κ1) is 12.2. The Hall–Kier alpha value is -0.890. The average molecular weight is 206 g/mol. The fourth-order valence-corrected chi connectivity index (χ4v) is 1.61. The molecule has 2 nitrogen and oxygen atoms in total. The van der Waals surface area contributed by atoms with Crippen molar-refractivity contribution in [2.24, 2.45) is 0 Å². The van der Waals surface area contributed by atoms with E-state index >= 15 is 0 Å². The molecule has 0 radical (unpaired) electrons. The van der Waals surface area contributed by atoms with E-state index in [2.05, 4.69) is 44.1 Å². The van der Waals surface area contributed by atoms with Crippen LogP contribution in [0.5, 0.6) is 0 Å². The van der Waals surface area contributed by atoms with Gasteiger partial charge in [-0.3, -0.25) is 4.98 Å². The summed E-state index contributed by atoms with van der Waals surface area (Å²) in [5.74, 6) is 0.469. The monoisotopic (exact) mass is 206 g/mol. The van der Waals surface area contributed by atoms with Gasteiger partial charge in [-0.05, 0) is 44.5 Å². The second kappa shape index (κ2) is 5.86. The quantitative estimate of drug-likeness (QED) is 0.801. The summed E-state index contributed by atoms with van der Waals surface area (Å²) < 4.78 is 0. The van der Waals surface area contributed by atoms with Crippen LogP contribution < -0.4 is 5.32 Å². The van der Waals surface area contributed by atoms with E-state index in [4.69, 9.17) is 0 Å². The summed E-state index contributed by atoms with van der Waals surface area (Å²) in [5.41, 5.74) is 2.47. The lowest BCUT2D eigenvalue weighted by molar-refractivity contribution is 0.474. The largest absolute Gasteiger partial charge is 0.314 e. The van der Waals surface area contributed by atoms with Crippen LogP contribution >= 0.6 is 0 Å². The molecule has 1 heterocycles. The molecule has 1 rings (SSSR count). The maximum atomic E-state index is 4.43. The van der Waals surface area contributed by atoms with Gasteiger partial charge in [0.05, 0.1) is 0 Å². The van der Waals surface area contributed by atoms with Crippen LogP contribution in [-0.2, 0) is 0 Å². The van der Waals surface area contributed by atoms with Crippen LogP contribution in [0.3, 0.4) is 0 Å². The first-order valence-corrected chi connectivity index (χ1v) is 5.81. The number of rotatable bonds is 5. The Morgan fingerprint density at radius 1 is 1.40 bits per heavy atom. The third-order valence-electron chi connectivity index (χ3n) is 2.87. The molecule has 84 valence electrons. The third kappa shape index (κ3) is 3.63. The third-order valence-corrected chi connectivity index (χ3v) is 2.87. The minimum absolute atomic E-state index is 0.469. The molecule has 0 bridgehead atoms. The molecule has 0 saturated heterocycles. The first-order valence-electron chi connectivity index (χ1n) is 5.81. The highest BCUT2D eigenvalue weighted by atomic mass is 14.9. The second-order valence-corrected chi connectivity index (χ2v) is 4.29. The van der Waals surface area contributed by atoms with Crippen LogP contribution in [0.25, 0.3) is 0 Å². The minimum Gasteiger partial charge on any atom is -0.314 e. The zero-order valence-electron chi connectivity index (χ0n) is 10.2. The lowest BCUT2D eigenvalue weighted by atomic mass is 9.98. The van der Waals surface area contributed by atoms with Crippen molar-refractivity contribution in [3.63, 3.8) is 0 Å². The van der Waals surface area contributed by atoms with Crippen LogP contribution in [0, 0.1) is 6.92 Å². The normalized spacial score (nSPS) is 14.9. The molecule has 0 spiro atoms. The molecule has 0 saturated carbocycles. The summed E-state index contributed by atoms with van der Waals surface area (Å²) in [5, 5.41) is 3.51. The summed E-state index contributed by atoms with van der Waals surface area (Å²) in [4.78, 5) is 4.43.